The molecule has 1 aliphatic carbocycles. The molecule has 0 amide bonds. The van der Waals surface area contributed by atoms with E-state index in [4.69, 9.17) is 0 Å². The molecule has 0 heteroatoms. The summed E-state index contributed by atoms with van der Waals surface area (Å²) in [6, 6.07) is 0. The van der Waals surface area contributed by atoms with Crippen molar-refractivity contribution in [3.8, 4) is 0 Å². The molecule has 0 aromatic rings. The van der Waals surface area contributed by atoms with Crippen molar-refractivity contribution in [3.63, 3.8) is 0 Å². The van der Waals surface area contributed by atoms with E-state index in [-0.39, 0.29) is 0 Å². The highest BCUT2D eigenvalue weighted by Gasteiger charge is 2.18. The van der Waals surface area contributed by atoms with Gasteiger partial charge in [0.1, 0.15) is 0 Å². The van der Waals surface area contributed by atoms with Gasteiger partial charge in [0.15, 0.2) is 0 Å². The quantitative estimate of drug-likeness (QED) is 0.540. The van der Waals surface area contributed by atoms with Crippen molar-refractivity contribution in [3.05, 3.63) is 48.1 Å². The molecule has 0 fully saturated rings. The Bertz CT molecular complexity index is 328. The molecule has 0 radical (unpaired) electrons. The molecule has 0 nitrogen and oxygen atoms in total. The Morgan fingerprint density at radius 3 is 2.59 bits per heavy atom. The third-order valence-corrected chi connectivity index (χ3v) is 3.71. The topological polar surface area (TPSA) is 0 Å². The summed E-state index contributed by atoms with van der Waals surface area (Å²) in [4.78, 5) is 0. The van der Waals surface area contributed by atoms with Gasteiger partial charge < -0.3 is 0 Å². The van der Waals surface area contributed by atoms with E-state index >= 15 is 0 Å². The summed E-state index contributed by atoms with van der Waals surface area (Å²) in [7, 11) is 0. The molecule has 1 atom stereocenters. The van der Waals surface area contributed by atoms with Crippen LogP contribution < -0.4 is 0 Å². The molecule has 0 aromatic heterocycles. The second-order valence-corrected chi connectivity index (χ2v) is 4.85. The fourth-order valence-electron chi connectivity index (χ4n) is 2.82. The van der Waals surface area contributed by atoms with Crippen molar-refractivity contribution in [2.75, 3.05) is 0 Å². The molecular weight excluding hydrogens is 204 g/mol. The summed E-state index contributed by atoms with van der Waals surface area (Å²) in [6.45, 7) is 12.6. The standard InChI is InChI=1S/C17H26/c1-5-11-14(4)16(7-3)17-13-10-8-9-12-15(17)6-2/h5-6,11,16H,2,4,7-10,12-13H2,1,3H3/b11-5+. The Morgan fingerprint density at radius 2 is 2.00 bits per heavy atom. The minimum atomic E-state index is 0.525. The van der Waals surface area contributed by atoms with Crippen LogP contribution in [-0.4, -0.2) is 0 Å². The molecule has 1 rings (SSSR count). The Morgan fingerprint density at radius 1 is 1.29 bits per heavy atom. The number of hydrogen-bond acceptors (Lipinski definition) is 0. The molecule has 0 saturated carbocycles. The van der Waals surface area contributed by atoms with E-state index in [9.17, 15) is 0 Å². The summed E-state index contributed by atoms with van der Waals surface area (Å²) < 4.78 is 0. The highest BCUT2D eigenvalue weighted by Crippen LogP contribution is 2.34. The first-order chi connectivity index (χ1) is 8.24. The molecule has 17 heavy (non-hydrogen) atoms. The highest BCUT2D eigenvalue weighted by atomic mass is 14.2. The van der Waals surface area contributed by atoms with E-state index in [0.29, 0.717) is 5.92 Å². The average Bonchev–Trinajstić information content (AvgIpc) is 2.56. The van der Waals surface area contributed by atoms with Crippen molar-refractivity contribution >= 4 is 0 Å². The normalized spacial score (nSPS) is 19.2. The molecule has 94 valence electrons. The molecule has 0 heterocycles. The van der Waals surface area contributed by atoms with Crippen LogP contribution in [0.5, 0.6) is 0 Å². The van der Waals surface area contributed by atoms with Gasteiger partial charge >= 0.3 is 0 Å². The Balaban J connectivity index is 3.01. The lowest BCUT2D eigenvalue weighted by atomic mass is 9.84. The van der Waals surface area contributed by atoms with Gasteiger partial charge in [-0.1, -0.05) is 50.3 Å². The van der Waals surface area contributed by atoms with E-state index < -0.39 is 0 Å². The molecule has 0 N–H and O–H groups in total. The zero-order valence-electron chi connectivity index (χ0n) is 11.5. The summed E-state index contributed by atoms with van der Waals surface area (Å²) >= 11 is 0. The Labute approximate surface area is 107 Å². The van der Waals surface area contributed by atoms with Crippen molar-refractivity contribution in [2.45, 2.75) is 52.4 Å². The van der Waals surface area contributed by atoms with Gasteiger partial charge in [-0.2, -0.15) is 0 Å². The number of allylic oxidation sites excluding steroid dienone is 6. The molecule has 0 saturated heterocycles. The van der Waals surface area contributed by atoms with E-state index in [0.717, 1.165) is 6.42 Å². The van der Waals surface area contributed by atoms with E-state index in [1.54, 1.807) is 5.57 Å². The maximum atomic E-state index is 4.23. The summed E-state index contributed by atoms with van der Waals surface area (Å²) in [5, 5.41) is 0. The van der Waals surface area contributed by atoms with Crippen LogP contribution in [0, 0.1) is 5.92 Å². The predicted molar refractivity (Wildman–Crippen MR) is 78.0 cm³/mol. The third kappa shape index (κ3) is 3.73. The lowest BCUT2D eigenvalue weighted by Gasteiger charge is -2.21. The van der Waals surface area contributed by atoms with Gasteiger partial charge in [-0.25, -0.2) is 0 Å². The van der Waals surface area contributed by atoms with Gasteiger partial charge in [-0.05, 0) is 50.2 Å². The van der Waals surface area contributed by atoms with Crippen LogP contribution in [0.2, 0.25) is 0 Å². The minimum Gasteiger partial charge on any atom is -0.0988 e. The summed E-state index contributed by atoms with van der Waals surface area (Å²) in [5.41, 5.74) is 4.34. The Hall–Kier alpha value is -1.04. The van der Waals surface area contributed by atoms with E-state index in [2.05, 4.69) is 45.2 Å². The minimum absolute atomic E-state index is 0.525. The maximum absolute atomic E-state index is 4.23. The van der Waals surface area contributed by atoms with E-state index in [1.807, 2.05) is 0 Å². The van der Waals surface area contributed by atoms with Crippen LogP contribution in [0.1, 0.15) is 52.4 Å². The molecule has 0 aliphatic heterocycles. The molecule has 0 spiro atoms. The van der Waals surface area contributed by atoms with Gasteiger partial charge in [-0.15, -0.1) is 0 Å². The van der Waals surface area contributed by atoms with Crippen LogP contribution in [0.25, 0.3) is 0 Å². The first-order valence-corrected chi connectivity index (χ1v) is 6.90. The molecule has 0 bridgehead atoms. The Kier molecular flexibility index (Phi) is 6.04. The van der Waals surface area contributed by atoms with Gasteiger partial charge in [0.2, 0.25) is 0 Å². The van der Waals surface area contributed by atoms with Crippen LogP contribution >= 0.6 is 0 Å². The molecular formula is C17H26. The van der Waals surface area contributed by atoms with Gasteiger partial charge in [-0.3, -0.25) is 0 Å². The molecule has 0 aromatic carbocycles. The zero-order valence-corrected chi connectivity index (χ0v) is 11.5. The first kappa shape index (κ1) is 14.0. The van der Waals surface area contributed by atoms with Crippen LogP contribution in [0.4, 0.5) is 0 Å². The van der Waals surface area contributed by atoms with Gasteiger partial charge in [0, 0.05) is 5.92 Å². The second kappa shape index (κ2) is 7.32. The van der Waals surface area contributed by atoms with Crippen LogP contribution in [-0.2, 0) is 0 Å². The maximum Gasteiger partial charge on any atom is 0.00453 e. The van der Waals surface area contributed by atoms with Crippen molar-refractivity contribution in [2.24, 2.45) is 5.92 Å². The SMILES string of the molecule is C=CC1=C(C(CC)C(=C)/C=C/C)CCCCC1. The predicted octanol–water partition coefficient (Wildman–Crippen LogP) is 5.59. The smallest absolute Gasteiger partial charge is 0.00453 e. The second-order valence-electron chi connectivity index (χ2n) is 4.85. The van der Waals surface area contributed by atoms with Gasteiger partial charge in [0.25, 0.3) is 0 Å². The average molecular weight is 230 g/mol. The summed E-state index contributed by atoms with van der Waals surface area (Å²) in [6.07, 6.45) is 13.9. The highest BCUT2D eigenvalue weighted by molar-refractivity contribution is 5.34. The lowest BCUT2D eigenvalue weighted by Crippen LogP contribution is -2.07. The number of rotatable bonds is 5. The first-order valence-electron chi connectivity index (χ1n) is 6.90. The molecule has 1 unspecified atom stereocenters. The largest absolute Gasteiger partial charge is 0.0988 e. The summed E-state index contributed by atoms with van der Waals surface area (Å²) in [5.74, 6) is 0.525. The van der Waals surface area contributed by atoms with Crippen LogP contribution in [0.15, 0.2) is 48.1 Å². The zero-order chi connectivity index (χ0) is 12.7. The fraction of sp³-hybridized carbons (Fsp3) is 0.529. The number of hydrogen-bond donors (Lipinski definition) is 0. The van der Waals surface area contributed by atoms with Crippen LogP contribution in [0.3, 0.4) is 0 Å². The fourth-order valence-corrected chi connectivity index (χ4v) is 2.82. The van der Waals surface area contributed by atoms with E-state index in [1.165, 1.54) is 43.3 Å². The lowest BCUT2D eigenvalue weighted by molar-refractivity contribution is 0.638. The van der Waals surface area contributed by atoms with Crippen molar-refractivity contribution in [1.29, 1.82) is 0 Å². The van der Waals surface area contributed by atoms with Crippen molar-refractivity contribution in [1.82, 2.24) is 0 Å². The van der Waals surface area contributed by atoms with Gasteiger partial charge in [0.05, 0.1) is 0 Å². The molecule has 1 aliphatic rings. The van der Waals surface area contributed by atoms with Crippen molar-refractivity contribution < 1.29 is 0 Å². The third-order valence-electron chi connectivity index (χ3n) is 3.71. The monoisotopic (exact) mass is 230 g/mol.